The summed E-state index contributed by atoms with van der Waals surface area (Å²) in [7, 11) is -3.47. The van der Waals surface area contributed by atoms with Crippen LogP contribution in [0.1, 0.15) is 29.5 Å². The van der Waals surface area contributed by atoms with Gasteiger partial charge in [-0.15, -0.1) is 0 Å². The molecule has 0 radical (unpaired) electrons. The molecule has 5 nitrogen and oxygen atoms in total. The highest BCUT2D eigenvalue weighted by molar-refractivity contribution is 7.89. The van der Waals surface area contributed by atoms with E-state index >= 15 is 0 Å². The van der Waals surface area contributed by atoms with E-state index in [1.54, 1.807) is 34.6 Å². The molecule has 0 saturated carbocycles. The zero-order valence-corrected chi connectivity index (χ0v) is 15.8. The minimum Gasteiger partial charge on any atom is -0.490 e. The molecule has 0 unspecified atom stereocenters. The van der Waals surface area contributed by atoms with Crippen LogP contribution in [0.15, 0.2) is 47.4 Å². The van der Waals surface area contributed by atoms with Gasteiger partial charge in [-0.05, 0) is 62.6 Å². The molecular weight excluding hydrogens is 348 g/mol. The molecule has 2 aromatic carbocycles. The second-order valence-corrected chi connectivity index (χ2v) is 8.53. The molecule has 0 amide bonds. The zero-order chi connectivity index (χ0) is 18.7. The van der Waals surface area contributed by atoms with E-state index in [1.165, 1.54) is 0 Å². The lowest BCUT2D eigenvalue weighted by Crippen LogP contribution is -2.41. The second-order valence-electron chi connectivity index (χ2n) is 6.63. The van der Waals surface area contributed by atoms with Crippen molar-refractivity contribution in [2.24, 2.45) is 0 Å². The molecule has 1 aliphatic heterocycles. The second kappa shape index (κ2) is 7.48. The molecule has 26 heavy (non-hydrogen) atoms. The molecule has 1 heterocycles. The van der Waals surface area contributed by atoms with E-state index in [0.717, 1.165) is 11.1 Å². The maximum Gasteiger partial charge on any atom is 0.243 e. The Morgan fingerprint density at radius 3 is 2.31 bits per heavy atom. The van der Waals surface area contributed by atoms with Gasteiger partial charge in [-0.1, -0.05) is 17.7 Å². The van der Waals surface area contributed by atoms with Crippen molar-refractivity contribution in [1.82, 2.24) is 4.31 Å². The number of ether oxygens (including phenoxy) is 1. The van der Waals surface area contributed by atoms with Gasteiger partial charge in [0.2, 0.25) is 10.0 Å². The van der Waals surface area contributed by atoms with Crippen LogP contribution in [0.25, 0.3) is 0 Å². The first-order chi connectivity index (χ1) is 12.4. The van der Waals surface area contributed by atoms with Gasteiger partial charge in [0.25, 0.3) is 0 Å². The minimum absolute atomic E-state index is 0.0199. The quantitative estimate of drug-likeness (QED) is 0.827. The summed E-state index contributed by atoms with van der Waals surface area (Å²) in [5, 5.41) is 8.83. The van der Waals surface area contributed by atoms with Crippen LogP contribution in [0.2, 0.25) is 0 Å². The van der Waals surface area contributed by atoms with Gasteiger partial charge in [-0.3, -0.25) is 0 Å². The Labute approximate surface area is 154 Å². The fourth-order valence-electron chi connectivity index (χ4n) is 3.22. The first kappa shape index (κ1) is 18.4. The number of nitriles is 1. The van der Waals surface area contributed by atoms with Gasteiger partial charge in [0.15, 0.2) is 0 Å². The smallest absolute Gasteiger partial charge is 0.243 e. The van der Waals surface area contributed by atoms with Crippen molar-refractivity contribution < 1.29 is 13.2 Å². The zero-order valence-electron chi connectivity index (χ0n) is 15.0. The predicted molar refractivity (Wildman–Crippen MR) is 99.5 cm³/mol. The van der Waals surface area contributed by atoms with Crippen LogP contribution in [0.3, 0.4) is 0 Å². The Balaban J connectivity index is 1.64. The largest absolute Gasteiger partial charge is 0.490 e. The summed E-state index contributed by atoms with van der Waals surface area (Å²) in [5.74, 6) is 0.708. The average Bonchev–Trinajstić information content (AvgIpc) is 2.62. The lowest BCUT2D eigenvalue weighted by Gasteiger charge is -2.31. The molecule has 0 bridgehead atoms. The molecule has 0 atom stereocenters. The maximum atomic E-state index is 12.9. The van der Waals surface area contributed by atoms with Crippen LogP contribution in [-0.2, 0) is 10.0 Å². The molecule has 0 aromatic heterocycles. The Kier molecular flexibility index (Phi) is 5.30. The summed E-state index contributed by atoms with van der Waals surface area (Å²) >= 11 is 0. The van der Waals surface area contributed by atoms with Crippen molar-refractivity contribution in [1.29, 1.82) is 5.26 Å². The summed E-state index contributed by atoms with van der Waals surface area (Å²) in [4.78, 5) is 0.384. The number of nitrogens with zero attached hydrogens (tertiary/aromatic N) is 2. The fraction of sp³-hybridized carbons (Fsp3) is 0.350. The van der Waals surface area contributed by atoms with Gasteiger partial charge in [-0.2, -0.15) is 9.57 Å². The van der Waals surface area contributed by atoms with E-state index in [0.29, 0.717) is 42.1 Å². The predicted octanol–water partition coefficient (Wildman–Crippen LogP) is 3.41. The van der Waals surface area contributed by atoms with Crippen molar-refractivity contribution in [2.75, 3.05) is 13.1 Å². The van der Waals surface area contributed by atoms with E-state index < -0.39 is 10.0 Å². The SMILES string of the molecule is Cc1ccc(S(=O)(=O)N2CCC(Oc3ccc(C#N)cc3)CC2)c(C)c1. The topological polar surface area (TPSA) is 70.4 Å². The van der Waals surface area contributed by atoms with Crippen LogP contribution < -0.4 is 4.74 Å². The first-order valence-corrected chi connectivity index (χ1v) is 10.1. The number of hydrogen-bond acceptors (Lipinski definition) is 4. The third kappa shape index (κ3) is 3.90. The molecule has 1 aliphatic rings. The molecular formula is C20H22N2O3S. The number of hydrogen-bond donors (Lipinski definition) is 0. The minimum atomic E-state index is -3.47. The first-order valence-electron chi connectivity index (χ1n) is 8.64. The Bertz CT molecular complexity index is 923. The molecule has 0 spiro atoms. The molecule has 2 aromatic rings. The summed E-state index contributed by atoms with van der Waals surface area (Å²) in [5.41, 5.74) is 2.42. The lowest BCUT2D eigenvalue weighted by molar-refractivity contribution is 0.135. The van der Waals surface area contributed by atoms with E-state index in [9.17, 15) is 8.42 Å². The molecule has 1 saturated heterocycles. The van der Waals surface area contributed by atoms with E-state index in [2.05, 4.69) is 6.07 Å². The Morgan fingerprint density at radius 1 is 1.08 bits per heavy atom. The van der Waals surface area contributed by atoms with Crippen LogP contribution in [0, 0.1) is 25.2 Å². The average molecular weight is 370 g/mol. The van der Waals surface area contributed by atoms with Gasteiger partial charge in [-0.25, -0.2) is 8.42 Å². The third-order valence-electron chi connectivity index (χ3n) is 4.64. The highest BCUT2D eigenvalue weighted by Gasteiger charge is 2.31. The van der Waals surface area contributed by atoms with Gasteiger partial charge >= 0.3 is 0 Å². The third-order valence-corrected chi connectivity index (χ3v) is 6.69. The van der Waals surface area contributed by atoms with Gasteiger partial charge in [0.05, 0.1) is 16.5 Å². The molecule has 6 heteroatoms. The number of rotatable bonds is 4. The Morgan fingerprint density at radius 2 is 1.73 bits per heavy atom. The molecule has 136 valence electrons. The van der Waals surface area contributed by atoms with Crippen molar-refractivity contribution >= 4 is 10.0 Å². The highest BCUT2D eigenvalue weighted by Crippen LogP contribution is 2.26. The molecule has 0 aliphatic carbocycles. The van der Waals surface area contributed by atoms with Gasteiger partial charge in [0.1, 0.15) is 11.9 Å². The number of piperidine rings is 1. The molecule has 3 rings (SSSR count). The summed E-state index contributed by atoms with van der Waals surface area (Å²) in [6.45, 7) is 4.67. The van der Waals surface area contributed by atoms with Crippen LogP contribution in [0.5, 0.6) is 5.75 Å². The van der Waals surface area contributed by atoms with Crippen molar-refractivity contribution in [3.63, 3.8) is 0 Å². The van der Waals surface area contributed by atoms with E-state index in [-0.39, 0.29) is 6.10 Å². The van der Waals surface area contributed by atoms with Crippen LogP contribution >= 0.6 is 0 Å². The molecule has 0 N–H and O–H groups in total. The highest BCUT2D eigenvalue weighted by atomic mass is 32.2. The van der Waals surface area contributed by atoms with E-state index in [1.807, 2.05) is 26.0 Å². The molecule has 1 fully saturated rings. The lowest BCUT2D eigenvalue weighted by atomic mass is 10.1. The standard InChI is InChI=1S/C20H22N2O3S/c1-15-3-8-20(16(2)13-15)26(23,24)22-11-9-19(10-12-22)25-18-6-4-17(14-21)5-7-18/h3-8,13,19H,9-12H2,1-2H3. The van der Waals surface area contributed by atoms with Gasteiger partial charge in [0, 0.05) is 13.1 Å². The van der Waals surface area contributed by atoms with Crippen LogP contribution in [-0.4, -0.2) is 31.9 Å². The van der Waals surface area contributed by atoms with Crippen molar-refractivity contribution in [3.05, 3.63) is 59.2 Å². The maximum absolute atomic E-state index is 12.9. The van der Waals surface area contributed by atoms with E-state index in [4.69, 9.17) is 10.00 Å². The van der Waals surface area contributed by atoms with Crippen LogP contribution in [0.4, 0.5) is 0 Å². The van der Waals surface area contributed by atoms with Gasteiger partial charge < -0.3 is 4.74 Å². The Hall–Kier alpha value is -2.36. The summed E-state index contributed by atoms with van der Waals surface area (Å²) in [6, 6.07) is 14.5. The number of sulfonamides is 1. The van der Waals surface area contributed by atoms with Crippen molar-refractivity contribution in [3.8, 4) is 11.8 Å². The normalized spacial score (nSPS) is 16.2. The number of aryl methyl sites for hydroxylation is 2. The monoisotopic (exact) mass is 370 g/mol. The van der Waals surface area contributed by atoms with Crippen molar-refractivity contribution in [2.45, 2.75) is 37.7 Å². The fourth-order valence-corrected chi connectivity index (χ4v) is 4.89. The summed E-state index contributed by atoms with van der Waals surface area (Å²) in [6.07, 6.45) is 1.27. The number of benzene rings is 2. The summed E-state index contributed by atoms with van der Waals surface area (Å²) < 4.78 is 33.3.